The number of nitrogens with one attached hydrogen (secondary N) is 2. The maximum Gasteiger partial charge on any atom is 0.328 e. The van der Waals surface area contributed by atoms with E-state index in [9.17, 15) is 14.4 Å². The van der Waals surface area contributed by atoms with E-state index in [0.717, 1.165) is 16.7 Å². The van der Waals surface area contributed by atoms with Crippen LogP contribution in [0.3, 0.4) is 0 Å². The highest BCUT2D eigenvalue weighted by Gasteiger charge is 2.27. The van der Waals surface area contributed by atoms with E-state index in [4.69, 9.17) is 9.47 Å². The van der Waals surface area contributed by atoms with E-state index in [1.165, 1.54) is 18.7 Å². The molecule has 0 atom stereocenters. The summed E-state index contributed by atoms with van der Waals surface area (Å²) in [6.07, 6.45) is 1.39. The molecule has 0 saturated carbocycles. The lowest BCUT2D eigenvalue weighted by atomic mass is 10.0. The number of urea groups is 1. The summed E-state index contributed by atoms with van der Waals surface area (Å²) in [5, 5.41) is 4.08. The normalized spacial score (nSPS) is 13.7. The fourth-order valence-electron chi connectivity index (χ4n) is 3.25. The molecule has 0 aromatic heterocycles. The van der Waals surface area contributed by atoms with E-state index in [0.29, 0.717) is 23.7 Å². The third-order valence-corrected chi connectivity index (χ3v) is 4.65. The molecule has 1 aliphatic rings. The van der Waals surface area contributed by atoms with Gasteiger partial charge in [0.05, 0.1) is 7.11 Å². The minimum absolute atomic E-state index is 0.161. The van der Waals surface area contributed by atoms with Gasteiger partial charge < -0.3 is 9.47 Å². The van der Waals surface area contributed by atoms with Gasteiger partial charge in [-0.2, -0.15) is 0 Å². The molecule has 3 rings (SSSR count). The molecule has 0 bridgehead atoms. The number of aryl methyl sites for hydroxylation is 3. The standard InChI is InChI=1S/C22H22N2O5/c1-12-7-13(2)17(14(3)8-12)11-29-18-6-5-15(10-19(18)28-4)9-16-20(25)23-22(27)24-21(16)26/h5-10H,11H2,1-4H3,(H2,23,24,25,26,27). The number of hydrogen-bond donors (Lipinski definition) is 2. The highest BCUT2D eigenvalue weighted by molar-refractivity contribution is 6.31. The Labute approximate surface area is 168 Å². The molecule has 7 nitrogen and oxygen atoms in total. The molecule has 1 saturated heterocycles. The van der Waals surface area contributed by atoms with Gasteiger partial charge in [-0.15, -0.1) is 0 Å². The van der Waals surface area contributed by atoms with Gasteiger partial charge in [0.15, 0.2) is 11.5 Å². The number of hydrogen-bond acceptors (Lipinski definition) is 5. The Morgan fingerprint density at radius 2 is 1.52 bits per heavy atom. The summed E-state index contributed by atoms with van der Waals surface area (Å²) < 4.78 is 11.4. The van der Waals surface area contributed by atoms with Gasteiger partial charge in [-0.3, -0.25) is 20.2 Å². The van der Waals surface area contributed by atoms with Gasteiger partial charge in [0.25, 0.3) is 11.8 Å². The predicted octanol–water partition coefficient (Wildman–Crippen LogP) is 2.95. The smallest absolute Gasteiger partial charge is 0.328 e. The van der Waals surface area contributed by atoms with Crippen LogP contribution < -0.4 is 20.1 Å². The topological polar surface area (TPSA) is 93.7 Å². The SMILES string of the molecule is COc1cc(C=C2C(=O)NC(=O)NC2=O)ccc1OCc1c(C)cc(C)cc1C. The Bertz CT molecular complexity index is 994. The first-order valence-electron chi connectivity index (χ1n) is 9.04. The zero-order valence-corrected chi connectivity index (χ0v) is 16.7. The highest BCUT2D eigenvalue weighted by Crippen LogP contribution is 2.30. The zero-order chi connectivity index (χ0) is 21.1. The van der Waals surface area contributed by atoms with Gasteiger partial charge in [0.2, 0.25) is 0 Å². The van der Waals surface area contributed by atoms with Crippen LogP contribution >= 0.6 is 0 Å². The number of barbiturate groups is 1. The van der Waals surface area contributed by atoms with Crippen molar-refractivity contribution in [1.82, 2.24) is 10.6 Å². The fraction of sp³-hybridized carbons (Fsp3) is 0.227. The molecule has 1 fully saturated rings. The van der Waals surface area contributed by atoms with E-state index in [-0.39, 0.29) is 5.57 Å². The van der Waals surface area contributed by atoms with E-state index in [1.807, 2.05) is 10.6 Å². The molecule has 0 radical (unpaired) electrons. The Morgan fingerprint density at radius 1 is 0.897 bits per heavy atom. The van der Waals surface area contributed by atoms with E-state index >= 15 is 0 Å². The van der Waals surface area contributed by atoms with Crippen molar-refractivity contribution in [2.75, 3.05) is 7.11 Å². The van der Waals surface area contributed by atoms with Crippen LogP contribution in [-0.4, -0.2) is 25.0 Å². The average molecular weight is 394 g/mol. The van der Waals surface area contributed by atoms with Crippen LogP contribution in [-0.2, 0) is 16.2 Å². The molecular formula is C22H22N2O5. The quantitative estimate of drug-likeness (QED) is 0.601. The van der Waals surface area contributed by atoms with Gasteiger partial charge in [-0.05, 0) is 61.2 Å². The van der Waals surface area contributed by atoms with Crippen molar-refractivity contribution >= 4 is 23.9 Å². The lowest BCUT2D eigenvalue weighted by molar-refractivity contribution is -0.123. The number of methoxy groups -OCH3 is 1. The van der Waals surface area contributed by atoms with Crippen LogP contribution in [0.1, 0.15) is 27.8 Å². The summed E-state index contributed by atoms with van der Waals surface area (Å²) in [6, 6.07) is 8.48. The van der Waals surface area contributed by atoms with E-state index in [1.54, 1.807) is 18.2 Å². The minimum Gasteiger partial charge on any atom is -0.493 e. The molecule has 2 aromatic carbocycles. The van der Waals surface area contributed by atoms with Crippen molar-refractivity contribution in [2.24, 2.45) is 0 Å². The van der Waals surface area contributed by atoms with E-state index < -0.39 is 17.8 Å². The molecule has 150 valence electrons. The van der Waals surface area contributed by atoms with Gasteiger partial charge in [-0.25, -0.2) is 4.79 Å². The maximum absolute atomic E-state index is 11.9. The van der Waals surface area contributed by atoms with Crippen molar-refractivity contribution in [2.45, 2.75) is 27.4 Å². The summed E-state index contributed by atoms with van der Waals surface area (Å²) in [5.74, 6) is -0.483. The summed E-state index contributed by atoms with van der Waals surface area (Å²) in [7, 11) is 1.51. The van der Waals surface area contributed by atoms with Gasteiger partial charge in [-0.1, -0.05) is 23.8 Å². The second-order valence-corrected chi connectivity index (χ2v) is 6.87. The number of carbonyl (C=O) groups is 3. The van der Waals surface area contributed by atoms with Crippen LogP contribution in [0.4, 0.5) is 4.79 Å². The van der Waals surface area contributed by atoms with Crippen molar-refractivity contribution in [1.29, 1.82) is 0 Å². The molecule has 1 aliphatic heterocycles. The van der Waals surface area contributed by atoms with Crippen molar-refractivity contribution in [3.63, 3.8) is 0 Å². The molecule has 0 unspecified atom stereocenters. The van der Waals surface area contributed by atoms with Crippen LogP contribution in [0.15, 0.2) is 35.9 Å². The third-order valence-electron chi connectivity index (χ3n) is 4.65. The lowest BCUT2D eigenvalue weighted by Crippen LogP contribution is -2.51. The molecule has 4 amide bonds. The fourth-order valence-corrected chi connectivity index (χ4v) is 3.25. The van der Waals surface area contributed by atoms with Crippen LogP contribution in [0.5, 0.6) is 11.5 Å². The summed E-state index contributed by atoms with van der Waals surface area (Å²) >= 11 is 0. The largest absolute Gasteiger partial charge is 0.493 e. The van der Waals surface area contributed by atoms with Crippen molar-refractivity contribution < 1.29 is 23.9 Å². The Balaban J connectivity index is 1.83. The van der Waals surface area contributed by atoms with Gasteiger partial charge >= 0.3 is 6.03 Å². The molecule has 0 aliphatic carbocycles. The zero-order valence-electron chi connectivity index (χ0n) is 16.7. The number of carbonyl (C=O) groups excluding carboxylic acids is 3. The first-order valence-corrected chi connectivity index (χ1v) is 9.04. The molecule has 29 heavy (non-hydrogen) atoms. The third kappa shape index (κ3) is 4.45. The Hall–Kier alpha value is -3.61. The van der Waals surface area contributed by atoms with Crippen molar-refractivity contribution in [3.05, 3.63) is 63.7 Å². The highest BCUT2D eigenvalue weighted by atomic mass is 16.5. The Morgan fingerprint density at radius 3 is 2.10 bits per heavy atom. The van der Waals surface area contributed by atoms with Crippen LogP contribution in [0, 0.1) is 20.8 Å². The first-order chi connectivity index (χ1) is 13.8. The number of rotatable bonds is 5. The predicted molar refractivity (Wildman–Crippen MR) is 108 cm³/mol. The average Bonchev–Trinajstić information content (AvgIpc) is 2.64. The maximum atomic E-state index is 11.9. The molecular weight excluding hydrogens is 372 g/mol. The first kappa shape index (κ1) is 20.1. The second kappa shape index (κ2) is 8.18. The molecule has 0 spiro atoms. The molecule has 2 aromatic rings. The number of benzene rings is 2. The van der Waals surface area contributed by atoms with Crippen molar-refractivity contribution in [3.8, 4) is 11.5 Å². The summed E-state index contributed by atoms with van der Waals surface area (Å²) in [6.45, 7) is 6.55. The lowest BCUT2D eigenvalue weighted by Gasteiger charge is -2.16. The minimum atomic E-state index is -0.833. The van der Waals surface area contributed by atoms with Gasteiger partial charge in [0, 0.05) is 0 Å². The molecule has 2 N–H and O–H groups in total. The Kier molecular flexibility index (Phi) is 5.68. The molecule has 1 heterocycles. The molecule has 7 heteroatoms. The van der Waals surface area contributed by atoms with Gasteiger partial charge in [0.1, 0.15) is 12.2 Å². The number of ether oxygens (including phenoxy) is 2. The number of imide groups is 2. The summed E-state index contributed by atoms with van der Waals surface area (Å²) in [5.41, 5.74) is 5.04. The summed E-state index contributed by atoms with van der Waals surface area (Å²) in [4.78, 5) is 34.9. The van der Waals surface area contributed by atoms with Crippen LogP contribution in [0.2, 0.25) is 0 Å². The van der Waals surface area contributed by atoms with Crippen LogP contribution in [0.25, 0.3) is 6.08 Å². The van der Waals surface area contributed by atoms with E-state index in [2.05, 4.69) is 32.9 Å². The monoisotopic (exact) mass is 394 g/mol. The second-order valence-electron chi connectivity index (χ2n) is 6.87. The number of amides is 4.